The summed E-state index contributed by atoms with van der Waals surface area (Å²) in [6.45, 7) is 6.93. The van der Waals surface area contributed by atoms with E-state index in [2.05, 4.69) is 40.2 Å². The number of hydrogen-bond donors (Lipinski definition) is 3. The molecule has 6 nitrogen and oxygen atoms in total. The first-order valence-corrected chi connectivity index (χ1v) is 9.45. The highest BCUT2D eigenvalue weighted by Crippen LogP contribution is 2.27. The van der Waals surface area contributed by atoms with Crippen molar-refractivity contribution >= 4 is 5.84 Å². The molecule has 28 heavy (non-hydrogen) atoms. The molecule has 3 aliphatic heterocycles. The van der Waals surface area contributed by atoms with Gasteiger partial charge >= 0.3 is 0 Å². The van der Waals surface area contributed by atoms with Crippen LogP contribution in [0.4, 0.5) is 0 Å². The standard InChI is InChI=1S/C22H24N4O2/c1-2-16-13-20-19(6-7-23-14-16)22(26-8-10-28-11-9-26)25-21(24-20)18-5-3-4-17(12-18)15-27/h2-5,12-14,19,22-23,27H,1,8-11,15H2,(H,24,25). The minimum Gasteiger partial charge on any atom is -0.392 e. The molecule has 0 aliphatic carbocycles. The highest BCUT2D eigenvalue weighted by atomic mass is 16.5. The Morgan fingerprint density at radius 1 is 1.36 bits per heavy atom. The van der Waals surface area contributed by atoms with Crippen LogP contribution in [-0.4, -0.2) is 48.3 Å². The van der Waals surface area contributed by atoms with Crippen LogP contribution in [0.1, 0.15) is 11.1 Å². The Kier molecular flexibility index (Phi) is 5.58. The highest BCUT2D eigenvalue weighted by molar-refractivity contribution is 6.00. The molecule has 3 aliphatic rings. The van der Waals surface area contributed by atoms with Crippen LogP contribution in [0.25, 0.3) is 0 Å². The van der Waals surface area contributed by atoms with E-state index in [4.69, 9.17) is 9.73 Å². The summed E-state index contributed by atoms with van der Waals surface area (Å²) in [6, 6.07) is 10.8. The molecule has 3 heterocycles. The van der Waals surface area contributed by atoms with Crippen molar-refractivity contribution in [3.63, 3.8) is 0 Å². The van der Waals surface area contributed by atoms with Crippen LogP contribution in [0.5, 0.6) is 0 Å². The third-order valence-electron chi connectivity index (χ3n) is 5.06. The van der Waals surface area contributed by atoms with Gasteiger partial charge in [-0.15, -0.1) is 0 Å². The zero-order valence-corrected chi connectivity index (χ0v) is 15.7. The van der Waals surface area contributed by atoms with Gasteiger partial charge in [-0.25, -0.2) is 4.99 Å². The van der Waals surface area contributed by atoms with Crippen LogP contribution in [0, 0.1) is 17.9 Å². The normalized spacial score (nSPS) is 24.5. The van der Waals surface area contributed by atoms with E-state index < -0.39 is 0 Å². The Morgan fingerprint density at radius 3 is 3.00 bits per heavy atom. The molecule has 0 aromatic heterocycles. The van der Waals surface area contributed by atoms with Crippen molar-refractivity contribution in [1.29, 1.82) is 0 Å². The second-order valence-electron chi connectivity index (χ2n) is 6.86. The van der Waals surface area contributed by atoms with Crippen LogP contribution < -0.4 is 10.6 Å². The molecule has 1 fully saturated rings. The molecule has 1 saturated heterocycles. The number of aliphatic hydroxyl groups excluding tert-OH is 1. The quantitative estimate of drug-likeness (QED) is 0.692. The molecule has 0 amide bonds. The predicted molar refractivity (Wildman–Crippen MR) is 109 cm³/mol. The molecule has 2 unspecified atom stereocenters. The van der Waals surface area contributed by atoms with Crippen LogP contribution >= 0.6 is 0 Å². The lowest BCUT2D eigenvalue weighted by Crippen LogP contribution is -2.51. The number of rotatable bonds is 4. The number of hydrogen-bond acceptors (Lipinski definition) is 6. The maximum Gasteiger partial charge on any atom is 0.134 e. The highest BCUT2D eigenvalue weighted by Gasteiger charge is 2.35. The first kappa shape index (κ1) is 18.5. The van der Waals surface area contributed by atoms with Crippen molar-refractivity contribution in [3.05, 3.63) is 71.6 Å². The van der Waals surface area contributed by atoms with Gasteiger partial charge in [0.2, 0.25) is 0 Å². The van der Waals surface area contributed by atoms with E-state index >= 15 is 0 Å². The average molecular weight is 376 g/mol. The van der Waals surface area contributed by atoms with E-state index in [1.165, 1.54) is 0 Å². The number of nitrogens with one attached hydrogen (secondary N) is 2. The monoisotopic (exact) mass is 376 g/mol. The summed E-state index contributed by atoms with van der Waals surface area (Å²) >= 11 is 0. The third kappa shape index (κ3) is 3.87. The fourth-order valence-corrected chi connectivity index (χ4v) is 3.57. The molecule has 3 N–H and O–H groups in total. The van der Waals surface area contributed by atoms with Gasteiger partial charge in [0.25, 0.3) is 0 Å². The van der Waals surface area contributed by atoms with Crippen molar-refractivity contribution in [3.8, 4) is 12.0 Å². The van der Waals surface area contributed by atoms with Crippen LogP contribution in [-0.2, 0) is 11.3 Å². The molecular weight excluding hydrogens is 352 g/mol. The van der Waals surface area contributed by atoms with Crippen LogP contribution in [0.3, 0.4) is 0 Å². The van der Waals surface area contributed by atoms with Gasteiger partial charge in [-0.1, -0.05) is 36.8 Å². The number of allylic oxidation sites excluding steroid dienone is 3. The Bertz CT molecular complexity index is 901. The zero-order chi connectivity index (χ0) is 19.3. The molecule has 144 valence electrons. The number of nitrogens with zero attached hydrogens (tertiary/aromatic N) is 2. The number of fused-ring (bicyclic) bond motifs is 1. The smallest absolute Gasteiger partial charge is 0.134 e. The predicted octanol–water partition coefficient (Wildman–Crippen LogP) is 1.32. The Labute approximate surface area is 165 Å². The van der Waals surface area contributed by atoms with Crippen LogP contribution in [0.15, 0.2) is 65.5 Å². The number of benzene rings is 1. The summed E-state index contributed by atoms with van der Waals surface area (Å²) in [5, 5.41) is 16.0. The van der Waals surface area contributed by atoms with E-state index in [0.717, 1.165) is 41.3 Å². The van der Waals surface area contributed by atoms with E-state index in [9.17, 15) is 5.11 Å². The molecule has 1 aromatic carbocycles. The van der Waals surface area contributed by atoms with E-state index in [0.29, 0.717) is 13.2 Å². The maximum absolute atomic E-state index is 9.50. The summed E-state index contributed by atoms with van der Waals surface area (Å²) in [4.78, 5) is 7.36. The van der Waals surface area contributed by atoms with Gasteiger partial charge in [-0.2, -0.15) is 0 Å². The average Bonchev–Trinajstić information content (AvgIpc) is 2.74. The molecule has 0 saturated carbocycles. The van der Waals surface area contributed by atoms with Crippen molar-refractivity contribution < 1.29 is 9.84 Å². The van der Waals surface area contributed by atoms with Gasteiger partial charge in [0.05, 0.1) is 25.7 Å². The summed E-state index contributed by atoms with van der Waals surface area (Å²) in [7, 11) is 0. The van der Waals surface area contributed by atoms with Gasteiger partial charge in [0.1, 0.15) is 12.0 Å². The number of aliphatic hydroxyl groups is 1. The summed E-state index contributed by atoms with van der Waals surface area (Å²) in [6.07, 6.45) is 5.60. The summed E-state index contributed by atoms with van der Waals surface area (Å²) in [5.41, 5.74) is 3.75. The number of ether oxygens (including phenoxy) is 1. The lowest BCUT2D eigenvalue weighted by atomic mass is 9.95. The fraction of sp³-hybridized carbons (Fsp3) is 0.318. The topological polar surface area (TPSA) is 69.1 Å². The molecule has 2 atom stereocenters. The van der Waals surface area contributed by atoms with Crippen molar-refractivity contribution in [2.75, 3.05) is 26.3 Å². The SMILES string of the molecule is C=CC1=CNC#CC2C(=C1)NC(c1cccc(CO)c1)=NC2N1CCOCC1. The van der Waals surface area contributed by atoms with E-state index in [1.54, 1.807) is 6.08 Å². The van der Waals surface area contributed by atoms with Gasteiger partial charge in [-0.05, 0) is 23.3 Å². The molecule has 0 spiro atoms. The lowest BCUT2D eigenvalue weighted by molar-refractivity contribution is 0.0119. The molecule has 0 bridgehead atoms. The first-order valence-electron chi connectivity index (χ1n) is 9.45. The van der Waals surface area contributed by atoms with Gasteiger partial charge in [-0.3, -0.25) is 4.90 Å². The lowest BCUT2D eigenvalue weighted by Gasteiger charge is -2.39. The van der Waals surface area contributed by atoms with Crippen molar-refractivity contribution in [2.24, 2.45) is 10.9 Å². The summed E-state index contributed by atoms with van der Waals surface area (Å²) < 4.78 is 5.53. The maximum atomic E-state index is 9.50. The number of aliphatic imine (C=N–C) groups is 1. The second kappa shape index (κ2) is 8.44. The van der Waals surface area contributed by atoms with E-state index in [-0.39, 0.29) is 18.7 Å². The Morgan fingerprint density at radius 2 is 2.21 bits per heavy atom. The largest absolute Gasteiger partial charge is 0.392 e. The molecular formula is C22H24N4O2. The second-order valence-corrected chi connectivity index (χ2v) is 6.86. The molecule has 1 aromatic rings. The Balaban J connectivity index is 1.78. The molecule has 0 radical (unpaired) electrons. The number of morpholine rings is 1. The summed E-state index contributed by atoms with van der Waals surface area (Å²) in [5.74, 6) is 4.01. The van der Waals surface area contributed by atoms with Gasteiger partial charge in [0.15, 0.2) is 0 Å². The van der Waals surface area contributed by atoms with Gasteiger partial charge in [0, 0.05) is 36.6 Å². The fourth-order valence-electron chi connectivity index (χ4n) is 3.57. The van der Waals surface area contributed by atoms with Crippen molar-refractivity contribution in [1.82, 2.24) is 15.5 Å². The zero-order valence-electron chi connectivity index (χ0n) is 15.7. The number of amidine groups is 1. The minimum atomic E-state index is -0.109. The molecule has 4 rings (SSSR count). The molecule has 6 heteroatoms. The van der Waals surface area contributed by atoms with Crippen LogP contribution in [0.2, 0.25) is 0 Å². The van der Waals surface area contributed by atoms with E-state index in [1.807, 2.05) is 30.5 Å². The van der Waals surface area contributed by atoms with Gasteiger partial charge < -0.3 is 20.5 Å². The third-order valence-corrected chi connectivity index (χ3v) is 5.06. The minimum absolute atomic E-state index is 0.000170. The Hall–Kier alpha value is -2.85. The first-order chi connectivity index (χ1) is 13.8. The van der Waals surface area contributed by atoms with Crippen molar-refractivity contribution in [2.45, 2.75) is 12.8 Å².